The van der Waals surface area contributed by atoms with Gasteiger partial charge in [0, 0.05) is 19.7 Å². The summed E-state index contributed by atoms with van der Waals surface area (Å²) in [6.07, 6.45) is 6.30. The van der Waals surface area contributed by atoms with Crippen LogP contribution in [0.3, 0.4) is 0 Å². The zero-order chi connectivity index (χ0) is 12.7. The van der Waals surface area contributed by atoms with E-state index in [0.29, 0.717) is 17.4 Å². The highest BCUT2D eigenvalue weighted by molar-refractivity contribution is 6.31. The van der Waals surface area contributed by atoms with Crippen LogP contribution < -0.4 is 10.1 Å². The number of carbonyl (C=O) groups excluding carboxylic acids is 1. The van der Waals surface area contributed by atoms with Crippen LogP contribution >= 0.6 is 11.6 Å². The van der Waals surface area contributed by atoms with Gasteiger partial charge in [-0.2, -0.15) is 0 Å². The molecule has 1 N–H and O–H groups in total. The summed E-state index contributed by atoms with van der Waals surface area (Å²) in [5, 5.41) is 3.19. The Bertz CT molecular complexity index is 419. The molecule has 5 heteroatoms. The van der Waals surface area contributed by atoms with Gasteiger partial charge in [-0.1, -0.05) is 23.8 Å². The van der Waals surface area contributed by atoms with Crippen molar-refractivity contribution in [2.24, 2.45) is 0 Å². The molecule has 0 saturated carbocycles. The van der Waals surface area contributed by atoms with E-state index >= 15 is 0 Å². The Morgan fingerprint density at radius 2 is 2.41 bits per heavy atom. The third kappa shape index (κ3) is 4.87. The Balaban J connectivity index is 2.48. The molecule has 0 spiro atoms. The molecule has 1 rings (SSSR count). The van der Waals surface area contributed by atoms with Crippen LogP contribution in [0.2, 0.25) is 5.02 Å². The van der Waals surface area contributed by atoms with E-state index in [-0.39, 0.29) is 5.91 Å². The van der Waals surface area contributed by atoms with E-state index in [2.05, 4.69) is 10.3 Å². The lowest BCUT2D eigenvalue weighted by molar-refractivity contribution is -0.118. The van der Waals surface area contributed by atoms with Gasteiger partial charge in [0.05, 0.1) is 7.11 Å². The van der Waals surface area contributed by atoms with E-state index in [4.69, 9.17) is 16.3 Å². The minimum Gasteiger partial charge on any atom is -0.480 e. The van der Waals surface area contributed by atoms with E-state index < -0.39 is 0 Å². The Kier molecular flexibility index (Phi) is 5.49. The molecule has 1 heterocycles. The van der Waals surface area contributed by atoms with Gasteiger partial charge in [-0.25, -0.2) is 4.98 Å². The number of hydrogen-bond acceptors (Lipinski definition) is 3. The van der Waals surface area contributed by atoms with Gasteiger partial charge in [-0.3, -0.25) is 4.79 Å². The molecule has 92 valence electrons. The molecular formula is C12H15ClN2O2. The Morgan fingerprint density at radius 3 is 3.00 bits per heavy atom. The average Bonchev–Trinajstić information content (AvgIpc) is 2.28. The zero-order valence-electron chi connectivity index (χ0n) is 9.87. The highest BCUT2D eigenvalue weighted by Crippen LogP contribution is 2.22. The highest BCUT2D eigenvalue weighted by atomic mass is 35.5. The van der Waals surface area contributed by atoms with E-state index in [0.717, 1.165) is 12.0 Å². The summed E-state index contributed by atoms with van der Waals surface area (Å²) in [5.74, 6) is 0.398. The van der Waals surface area contributed by atoms with Crippen LogP contribution in [-0.4, -0.2) is 24.5 Å². The van der Waals surface area contributed by atoms with Crippen LogP contribution in [0.1, 0.15) is 18.9 Å². The SMILES string of the molecule is COc1ncc(C=CCCNC(C)=O)cc1Cl. The van der Waals surface area contributed by atoms with Crippen molar-refractivity contribution in [1.82, 2.24) is 10.3 Å². The van der Waals surface area contributed by atoms with Crippen molar-refractivity contribution in [3.05, 3.63) is 28.9 Å². The van der Waals surface area contributed by atoms with Gasteiger partial charge < -0.3 is 10.1 Å². The van der Waals surface area contributed by atoms with Crippen molar-refractivity contribution in [2.45, 2.75) is 13.3 Å². The molecule has 0 bridgehead atoms. The molecule has 17 heavy (non-hydrogen) atoms. The van der Waals surface area contributed by atoms with E-state index in [1.807, 2.05) is 12.2 Å². The van der Waals surface area contributed by atoms with Gasteiger partial charge in [0.2, 0.25) is 11.8 Å². The predicted octanol–water partition coefficient (Wildman–Crippen LogP) is 2.28. The fourth-order valence-electron chi connectivity index (χ4n) is 1.23. The number of nitrogens with zero attached hydrogens (tertiary/aromatic N) is 1. The van der Waals surface area contributed by atoms with Gasteiger partial charge in [-0.15, -0.1) is 0 Å². The summed E-state index contributed by atoms with van der Waals surface area (Å²) in [5.41, 5.74) is 0.902. The molecule has 0 aromatic carbocycles. The van der Waals surface area contributed by atoms with Crippen LogP contribution in [0.5, 0.6) is 5.88 Å². The molecule has 0 atom stereocenters. The van der Waals surface area contributed by atoms with Gasteiger partial charge in [0.15, 0.2) is 0 Å². The first-order valence-electron chi connectivity index (χ1n) is 5.24. The van der Waals surface area contributed by atoms with Gasteiger partial charge in [0.1, 0.15) is 5.02 Å². The number of carbonyl (C=O) groups is 1. The Labute approximate surface area is 106 Å². The number of nitrogens with one attached hydrogen (secondary N) is 1. The number of amides is 1. The van der Waals surface area contributed by atoms with E-state index in [9.17, 15) is 4.79 Å². The second kappa shape index (κ2) is 6.91. The topological polar surface area (TPSA) is 51.2 Å². The molecule has 0 unspecified atom stereocenters. The highest BCUT2D eigenvalue weighted by Gasteiger charge is 2.00. The fourth-order valence-corrected chi connectivity index (χ4v) is 1.48. The maximum atomic E-state index is 10.6. The number of methoxy groups -OCH3 is 1. The lowest BCUT2D eigenvalue weighted by Crippen LogP contribution is -2.20. The Morgan fingerprint density at radius 1 is 1.65 bits per heavy atom. The predicted molar refractivity (Wildman–Crippen MR) is 68.1 cm³/mol. The lowest BCUT2D eigenvalue weighted by atomic mass is 10.2. The second-order valence-electron chi connectivity index (χ2n) is 3.43. The van der Waals surface area contributed by atoms with Crippen molar-refractivity contribution >= 4 is 23.6 Å². The maximum Gasteiger partial charge on any atom is 0.232 e. The lowest BCUT2D eigenvalue weighted by Gasteiger charge is -2.01. The smallest absolute Gasteiger partial charge is 0.232 e. The number of rotatable bonds is 5. The van der Waals surface area contributed by atoms with Gasteiger partial charge in [-0.05, 0) is 18.1 Å². The quantitative estimate of drug-likeness (QED) is 0.821. The second-order valence-corrected chi connectivity index (χ2v) is 3.84. The zero-order valence-corrected chi connectivity index (χ0v) is 10.6. The van der Waals surface area contributed by atoms with Gasteiger partial charge in [0.25, 0.3) is 0 Å². The molecular weight excluding hydrogens is 240 g/mol. The van der Waals surface area contributed by atoms with Crippen molar-refractivity contribution < 1.29 is 9.53 Å². The first-order chi connectivity index (χ1) is 8.13. The van der Waals surface area contributed by atoms with Crippen LogP contribution in [-0.2, 0) is 4.79 Å². The van der Waals surface area contributed by atoms with Crippen LogP contribution in [0.25, 0.3) is 6.08 Å². The standard InChI is InChI=1S/C12H15ClN2O2/c1-9(16)14-6-4-3-5-10-7-11(13)12(17-2)15-8-10/h3,5,7-8H,4,6H2,1-2H3,(H,14,16). The minimum absolute atomic E-state index is 0.0208. The van der Waals surface area contributed by atoms with Crippen LogP contribution in [0.4, 0.5) is 0 Å². The summed E-state index contributed by atoms with van der Waals surface area (Å²) >= 11 is 5.93. The summed E-state index contributed by atoms with van der Waals surface area (Å²) < 4.78 is 4.95. The number of hydrogen-bond donors (Lipinski definition) is 1. The number of ether oxygens (including phenoxy) is 1. The van der Waals surface area contributed by atoms with Crippen LogP contribution in [0.15, 0.2) is 18.3 Å². The molecule has 1 aromatic heterocycles. The summed E-state index contributed by atoms with van der Waals surface area (Å²) in [4.78, 5) is 14.7. The summed E-state index contributed by atoms with van der Waals surface area (Å²) in [7, 11) is 1.52. The molecule has 0 saturated heterocycles. The van der Waals surface area contributed by atoms with Crippen molar-refractivity contribution in [1.29, 1.82) is 0 Å². The fraction of sp³-hybridized carbons (Fsp3) is 0.333. The maximum absolute atomic E-state index is 10.6. The third-order valence-electron chi connectivity index (χ3n) is 2.02. The molecule has 1 amide bonds. The first-order valence-corrected chi connectivity index (χ1v) is 5.62. The molecule has 1 aromatic rings. The number of halogens is 1. The summed E-state index contributed by atoms with van der Waals surface area (Å²) in [6, 6.07) is 1.78. The normalized spacial score (nSPS) is 10.5. The average molecular weight is 255 g/mol. The van der Waals surface area contributed by atoms with Crippen LogP contribution in [0, 0.1) is 0 Å². The van der Waals surface area contributed by atoms with Crippen molar-refractivity contribution in [3.63, 3.8) is 0 Å². The monoisotopic (exact) mass is 254 g/mol. The minimum atomic E-state index is -0.0208. The molecule has 4 nitrogen and oxygen atoms in total. The molecule has 0 radical (unpaired) electrons. The molecule has 0 aliphatic heterocycles. The molecule has 0 aliphatic carbocycles. The van der Waals surface area contributed by atoms with E-state index in [1.54, 1.807) is 12.3 Å². The van der Waals surface area contributed by atoms with Crippen molar-refractivity contribution in [3.8, 4) is 5.88 Å². The Hall–Kier alpha value is -1.55. The van der Waals surface area contributed by atoms with E-state index in [1.165, 1.54) is 14.0 Å². The largest absolute Gasteiger partial charge is 0.480 e. The number of aromatic nitrogens is 1. The van der Waals surface area contributed by atoms with Gasteiger partial charge >= 0.3 is 0 Å². The third-order valence-corrected chi connectivity index (χ3v) is 2.29. The molecule has 0 fully saturated rings. The van der Waals surface area contributed by atoms with Crippen molar-refractivity contribution in [2.75, 3.05) is 13.7 Å². The molecule has 0 aliphatic rings. The number of pyridine rings is 1. The first kappa shape index (κ1) is 13.5. The summed E-state index contributed by atoms with van der Waals surface area (Å²) in [6.45, 7) is 2.13.